The first-order valence-electron chi connectivity index (χ1n) is 4.62. The standard InChI is InChI=1S/C10H13N3O/c1-13-9(6-8(11)10(13)14)7-2-4-12-5-3-7/h2-5,8-9H,6,11H2,1H3/t8-,9-/m0/s1. The molecule has 2 atom stereocenters. The quantitative estimate of drug-likeness (QED) is 0.695. The molecule has 4 nitrogen and oxygen atoms in total. The number of carbonyl (C=O) groups excluding carboxylic acids is 1. The second kappa shape index (κ2) is 3.38. The number of likely N-dealkylation sites (tertiary alicyclic amines) is 1. The first-order chi connectivity index (χ1) is 6.70. The van der Waals surface area contributed by atoms with Gasteiger partial charge in [-0.1, -0.05) is 0 Å². The van der Waals surface area contributed by atoms with Crippen molar-refractivity contribution in [2.45, 2.75) is 18.5 Å². The van der Waals surface area contributed by atoms with Crippen LogP contribution >= 0.6 is 0 Å². The van der Waals surface area contributed by atoms with Gasteiger partial charge in [-0.3, -0.25) is 9.78 Å². The third-order valence-corrected chi connectivity index (χ3v) is 2.70. The van der Waals surface area contributed by atoms with Crippen LogP contribution in [0.3, 0.4) is 0 Å². The number of nitrogens with zero attached hydrogens (tertiary/aromatic N) is 2. The van der Waals surface area contributed by atoms with Crippen molar-refractivity contribution in [3.8, 4) is 0 Å². The smallest absolute Gasteiger partial charge is 0.239 e. The average molecular weight is 191 g/mol. The summed E-state index contributed by atoms with van der Waals surface area (Å²) >= 11 is 0. The fourth-order valence-electron chi connectivity index (χ4n) is 1.86. The first-order valence-corrected chi connectivity index (χ1v) is 4.62. The summed E-state index contributed by atoms with van der Waals surface area (Å²) in [6.45, 7) is 0. The van der Waals surface area contributed by atoms with E-state index in [1.807, 2.05) is 12.1 Å². The zero-order valence-corrected chi connectivity index (χ0v) is 8.05. The summed E-state index contributed by atoms with van der Waals surface area (Å²) in [7, 11) is 1.79. The Labute approximate surface area is 82.7 Å². The van der Waals surface area contributed by atoms with Crippen molar-refractivity contribution in [2.24, 2.45) is 5.73 Å². The van der Waals surface area contributed by atoms with Crippen LogP contribution < -0.4 is 5.73 Å². The van der Waals surface area contributed by atoms with Gasteiger partial charge < -0.3 is 10.6 Å². The number of pyridine rings is 1. The number of aromatic nitrogens is 1. The van der Waals surface area contributed by atoms with Gasteiger partial charge >= 0.3 is 0 Å². The molecule has 2 rings (SSSR count). The summed E-state index contributed by atoms with van der Waals surface area (Å²) in [5.74, 6) is 0.0202. The number of likely N-dealkylation sites (N-methyl/N-ethyl adjacent to an activating group) is 1. The summed E-state index contributed by atoms with van der Waals surface area (Å²) in [4.78, 5) is 17.1. The molecule has 0 radical (unpaired) electrons. The molecule has 1 saturated heterocycles. The lowest BCUT2D eigenvalue weighted by Crippen LogP contribution is -2.31. The zero-order valence-electron chi connectivity index (χ0n) is 8.05. The van der Waals surface area contributed by atoms with Gasteiger partial charge in [0.05, 0.1) is 12.1 Å². The molecular weight excluding hydrogens is 178 g/mol. The van der Waals surface area contributed by atoms with Gasteiger partial charge in [0, 0.05) is 19.4 Å². The van der Waals surface area contributed by atoms with Gasteiger partial charge in [0.2, 0.25) is 5.91 Å². The fourth-order valence-corrected chi connectivity index (χ4v) is 1.86. The van der Waals surface area contributed by atoms with Crippen LogP contribution in [0.2, 0.25) is 0 Å². The Morgan fingerprint density at radius 3 is 2.64 bits per heavy atom. The average Bonchev–Trinajstić information content (AvgIpc) is 2.47. The van der Waals surface area contributed by atoms with E-state index in [1.54, 1.807) is 24.3 Å². The SMILES string of the molecule is CN1C(=O)[C@@H](N)C[C@H]1c1ccncc1. The predicted octanol–water partition coefficient (Wildman–Crippen LogP) is 0.312. The topological polar surface area (TPSA) is 59.2 Å². The maximum absolute atomic E-state index is 11.5. The van der Waals surface area contributed by atoms with Crippen LogP contribution in [-0.2, 0) is 4.79 Å². The van der Waals surface area contributed by atoms with Gasteiger partial charge in [0.1, 0.15) is 0 Å². The van der Waals surface area contributed by atoms with Crippen molar-refractivity contribution in [1.29, 1.82) is 0 Å². The van der Waals surface area contributed by atoms with Crippen LogP contribution in [0.15, 0.2) is 24.5 Å². The number of rotatable bonds is 1. The highest BCUT2D eigenvalue weighted by atomic mass is 16.2. The molecule has 1 aromatic rings. The molecule has 1 aliphatic heterocycles. The van der Waals surface area contributed by atoms with Crippen LogP contribution in [0.25, 0.3) is 0 Å². The molecule has 1 fully saturated rings. The predicted molar refractivity (Wildman–Crippen MR) is 52.3 cm³/mol. The van der Waals surface area contributed by atoms with Gasteiger partial charge in [0.25, 0.3) is 0 Å². The second-order valence-corrected chi connectivity index (χ2v) is 3.59. The molecule has 1 amide bonds. The number of hydrogen-bond donors (Lipinski definition) is 1. The highest BCUT2D eigenvalue weighted by Gasteiger charge is 2.35. The molecule has 0 unspecified atom stereocenters. The zero-order chi connectivity index (χ0) is 10.1. The Kier molecular flexibility index (Phi) is 2.21. The van der Waals surface area contributed by atoms with E-state index in [-0.39, 0.29) is 18.0 Å². The molecular formula is C10H13N3O. The number of hydrogen-bond acceptors (Lipinski definition) is 3. The minimum Gasteiger partial charge on any atom is -0.337 e. The summed E-state index contributed by atoms with van der Waals surface area (Å²) in [5, 5.41) is 0. The third-order valence-electron chi connectivity index (χ3n) is 2.70. The molecule has 0 bridgehead atoms. The van der Waals surface area contributed by atoms with E-state index >= 15 is 0 Å². The maximum Gasteiger partial charge on any atom is 0.239 e. The van der Waals surface area contributed by atoms with E-state index in [9.17, 15) is 4.79 Å². The summed E-state index contributed by atoms with van der Waals surface area (Å²) in [6.07, 6.45) is 4.16. The Hall–Kier alpha value is -1.42. The Bertz CT molecular complexity index is 338. The summed E-state index contributed by atoms with van der Waals surface area (Å²) in [5.41, 5.74) is 6.79. The molecule has 14 heavy (non-hydrogen) atoms. The van der Waals surface area contributed by atoms with Crippen molar-refractivity contribution >= 4 is 5.91 Å². The molecule has 1 aliphatic rings. The highest BCUT2D eigenvalue weighted by molar-refractivity contribution is 5.84. The lowest BCUT2D eigenvalue weighted by atomic mass is 10.1. The number of carbonyl (C=O) groups is 1. The van der Waals surface area contributed by atoms with E-state index < -0.39 is 0 Å². The van der Waals surface area contributed by atoms with E-state index in [0.717, 1.165) is 5.56 Å². The van der Waals surface area contributed by atoms with Gasteiger partial charge in [-0.2, -0.15) is 0 Å². The van der Waals surface area contributed by atoms with Crippen LogP contribution in [0.4, 0.5) is 0 Å². The minimum absolute atomic E-state index is 0.0202. The summed E-state index contributed by atoms with van der Waals surface area (Å²) < 4.78 is 0. The van der Waals surface area contributed by atoms with Gasteiger partial charge in [-0.05, 0) is 24.1 Å². The monoisotopic (exact) mass is 191 g/mol. The van der Waals surface area contributed by atoms with E-state index in [2.05, 4.69) is 4.98 Å². The van der Waals surface area contributed by atoms with Crippen molar-refractivity contribution in [3.05, 3.63) is 30.1 Å². The first kappa shape index (κ1) is 9.15. The molecule has 4 heteroatoms. The van der Waals surface area contributed by atoms with Gasteiger partial charge in [-0.15, -0.1) is 0 Å². The summed E-state index contributed by atoms with van der Waals surface area (Å²) in [6, 6.07) is 3.61. The van der Waals surface area contributed by atoms with Crippen molar-refractivity contribution in [2.75, 3.05) is 7.05 Å². The van der Waals surface area contributed by atoms with Crippen molar-refractivity contribution < 1.29 is 4.79 Å². The van der Waals surface area contributed by atoms with Gasteiger partial charge in [0.15, 0.2) is 0 Å². The lowest BCUT2D eigenvalue weighted by Gasteiger charge is -2.19. The Morgan fingerprint density at radius 1 is 1.50 bits per heavy atom. The van der Waals surface area contributed by atoms with Crippen LogP contribution in [0.1, 0.15) is 18.0 Å². The Morgan fingerprint density at radius 2 is 2.14 bits per heavy atom. The maximum atomic E-state index is 11.5. The Balaban J connectivity index is 2.26. The molecule has 0 aromatic carbocycles. The molecule has 2 heterocycles. The minimum atomic E-state index is -0.349. The number of nitrogens with two attached hydrogens (primary N) is 1. The molecule has 2 N–H and O–H groups in total. The van der Waals surface area contributed by atoms with Crippen LogP contribution in [-0.4, -0.2) is 28.9 Å². The number of amides is 1. The van der Waals surface area contributed by atoms with Crippen molar-refractivity contribution in [3.63, 3.8) is 0 Å². The lowest BCUT2D eigenvalue weighted by molar-refractivity contribution is -0.128. The van der Waals surface area contributed by atoms with Crippen LogP contribution in [0, 0.1) is 0 Å². The highest BCUT2D eigenvalue weighted by Crippen LogP contribution is 2.29. The van der Waals surface area contributed by atoms with Gasteiger partial charge in [-0.25, -0.2) is 0 Å². The second-order valence-electron chi connectivity index (χ2n) is 3.59. The molecule has 0 aliphatic carbocycles. The molecule has 0 saturated carbocycles. The molecule has 0 spiro atoms. The van der Waals surface area contributed by atoms with Crippen LogP contribution in [0.5, 0.6) is 0 Å². The van der Waals surface area contributed by atoms with E-state index in [1.165, 1.54) is 0 Å². The van der Waals surface area contributed by atoms with E-state index in [0.29, 0.717) is 6.42 Å². The third kappa shape index (κ3) is 1.37. The molecule has 1 aromatic heterocycles. The molecule has 74 valence electrons. The van der Waals surface area contributed by atoms with Crippen molar-refractivity contribution in [1.82, 2.24) is 9.88 Å². The largest absolute Gasteiger partial charge is 0.337 e. The fraction of sp³-hybridized carbons (Fsp3) is 0.400. The van der Waals surface area contributed by atoms with E-state index in [4.69, 9.17) is 5.73 Å². The normalized spacial score (nSPS) is 27.0.